The second-order valence-corrected chi connectivity index (χ2v) is 6.64. The molecule has 0 amide bonds. The molecule has 7 nitrogen and oxygen atoms in total. The van der Waals surface area contributed by atoms with Gasteiger partial charge in [0.25, 0.3) is 0 Å². The van der Waals surface area contributed by atoms with E-state index in [0.717, 1.165) is 62.8 Å². The number of aliphatic imine (C=N–C) groups is 1. The molecule has 0 radical (unpaired) electrons. The zero-order valence-electron chi connectivity index (χ0n) is 16.0. The second-order valence-electron chi connectivity index (χ2n) is 6.64. The molecule has 27 heavy (non-hydrogen) atoms. The minimum Gasteiger partial charge on any atom is -0.370 e. The van der Waals surface area contributed by atoms with Gasteiger partial charge in [-0.25, -0.2) is 9.98 Å². The smallest absolute Gasteiger partial charge is 0.188 e. The van der Waals surface area contributed by atoms with Crippen LogP contribution in [0.15, 0.2) is 47.7 Å². The first-order chi connectivity index (χ1) is 13.2. The van der Waals surface area contributed by atoms with Crippen molar-refractivity contribution in [3.8, 4) is 0 Å². The fourth-order valence-electron chi connectivity index (χ4n) is 3.12. The molecule has 0 unspecified atom stereocenters. The quantitative estimate of drug-likeness (QED) is 0.566. The Hall–Kier alpha value is -2.67. The summed E-state index contributed by atoms with van der Waals surface area (Å²) >= 11 is 0. The molecule has 2 aromatic rings. The number of hydrogen-bond acceptors (Lipinski definition) is 5. The molecule has 1 fully saturated rings. The zero-order chi connectivity index (χ0) is 18.9. The van der Waals surface area contributed by atoms with Crippen molar-refractivity contribution in [2.75, 3.05) is 44.2 Å². The monoisotopic (exact) mass is 367 g/mol. The standard InChI is InChI=1S/C20H29N7/c1-2-26-11-13-27(14-12-26)19-15-17(6-9-23-19)16-25-20(21)24-10-7-18-5-3-4-8-22-18/h3-6,8-9,15H,2,7,10-14,16H2,1H3,(H3,21,24,25). The van der Waals surface area contributed by atoms with Gasteiger partial charge >= 0.3 is 0 Å². The van der Waals surface area contributed by atoms with Crippen LogP contribution < -0.4 is 16.0 Å². The molecule has 1 saturated heterocycles. The number of nitrogens with one attached hydrogen (secondary N) is 1. The predicted octanol–water partition coefficient (Wildman–Crippen LogP) is 1.27. The second kappa shape index (κ2) is 9.87. The number of nitrogens with two attached hydrogens (primary N) is 1. The van der Waals surface area contributed by atoms with Gasteiger partial charge in [0.1, 0.15) is 5.82 Å². The van der Waals surface area contributed by atoms with Crippen molar-refractivity contribution in [1.82, 2.24) is 20.2 Å². The predicted molar refractivity (Wildman–Crippen MR) is 110 cm³/mol. The van der Waals surface area contributed by atoms with Crippen molar-refractivity contribution in [2.45, 2.75) is 19.9 Å². The number of piperazine rings is 1. The summed E-state index contributed by atoms with van der Waals surface area (Å²) in [5.41, 5.74) is 8.14. The van der Waals surface area contributed by atoms with Crippen LogP contribution in [0.25, 0.3) is 0 Å². The number of pyridine rings is 2. The number of nitrogens with zero attached hydrogens (tertiary/aromatic N) is 5. The molecule has 3 N–H and O–H groups in total. The third kappa shape index (κ3) is 5.92. The molecule has 2 aromatic heterocycles. The minimum atomic E-state index is 0.459. The molecular formula is C20H29N7. The summed E-state index contributed by atoms with van der Waals surface area (Å²) in [6.07, 6.45) is 4.48. The average Bonchev–Trinajstić information content (AvgIpc) is 2.73. The fraction of sp³-hybridized carbons (Fsp3) is 0.450. The average molecular weight is 368 g/mol. The van der Waals surface area contributed by atoms with E-state index < -0.39 is 0 Å². The molecule has 0 aromatic carbocycles. The Morgan fingerprint density at radius 3 is 2.74 bits per heavy atom. The van der Waals surface area contributed by atoms with Gasteiger partial charge in [-0.1, -0.05) is 13.0 Å². The summed E-state index contributed by atoms with van der Waals surface area (Å²) in [4.78, 5) is 18.1. The highest BCUT2D eigenvalue weighted by Gasteiger charge is 2.16. The Morgan fingerprint density at radius 1 is 1.15 bits per heavy atom. The first kappa shape index (κ1) is 19.1. The molecule has 144 valence electrons. The molecule has 0 bridgehead atoms. The van der Waals surface area contributed by atoms with Gasteiger partial charge in [-0.2, -0.15) is 0 Å². The maximum absolute atomic E-state index is 5.98. The summed E-state index contributed by atoms with van der Waals surface area (Å²) in [5, 5.41) is 3.15. The van der Waals surface area contributed by atoms with Crippen LogP contribution in [0.3, 0.4) is 0 Å². The minimum absolute atomic E-state index is 0.459. The summed E-state index contributed by atoms with van der Waals surface area (Å²) in [6, 6.07) is 10.0. The molecule has 3 rings (SSSR count). The van der Waals surface area contributed by atoms with Crippen LogP contribution in [0.4, 0.5) is 5.82 Å². The van der Waals surface area contributed by atoms with Crippen LogP contribution in [0, 0.1) is 0 Å². The summed E-state index contributed by atoms with van der Waals surface area (Å²) in [7, 11) is 0. The normalized spacial score (nSPS) is 15.7. The van der Waals surface area contributed by atoms with Gasteiger partial charge in [0, 0.05) is 57.2 Å². The Labute approximate surface area is 161 Å². The number of aromatic nitrogens is 2. The molecule has 0 atom stereocenters. The van der Waals surface area contributed by atoms with Crippen molar-refractivity contribution >= 4 is 11.8 Å². The largest absolute Gasteiger partial charge is 0.370 e. The molecule has 0 aliphatic carbocycles. The van der Waals surface area contributed by atoms with Gasteiger partial charge in [0.05, 0.1) is 6.54 Å². The van der Waals surface area contributed by atoms with E-state index in [1.807, 2.05) is 30.5 Å². The van der Waals surface area contributed by atoms with Crippen LogP contribution in [-0.2, 0) is 13.0 Å². The highest BCUT2D eigenvalue weighted by Crippen LogP contribution is 2.15. The topological polar surface area (TPSA) is 82.7 Å². The van der Waals surface area contributed by atoms with E-state index in [4.69, 9.17) is 5.73 Å². The highest BCUT2D eigenvalue weighted by atomic mass is 15.3. The van der Waals surface area contributed by atoms with Crippen molar-refractivity contribution in [3.05, 3.63) is 54.0 Å². The van der Waals surface area contributed by atoms with E-state index in [9.17, 15) is 0 Å². The van der Waals surface area contributed by atoms with Crippen LogP contribution in [0.1, 0.15) is 18.2 Å². The lowest BCUT2D eigenvalue weighted by Gasteiger charge is -2.34. The van der Waals surface area contributed by atoms with Gasteiger partial charge in [-0.05, 0) is 36.4 Å². The first-order valence-corrected chi connectivity index (χ1v) is 9.60. The van der Waals surface area contributed by atoms with Gasteiger partial charge in [-0.15, -0.1) is 0 Å². The van der Waals surface area contributed by atoms with E-state index >= 15 is 0 Å². The van der Waals surface area contributed by atoms with E-state index in [-0.39, 0.29) is 0 Å². The van der Waals surface area contributed by atoms with Crippen molar-refractivity contribution in [1.29, 1.82) is 0 Å². The Balaban J connectivity index is 1.48. The maximum Gasteiger partial charge on any atom is 0.188 e. The molecule has 7 heteroatoms. The SMILES string of the molecule is CCN1CCN(c2cc(CN=C(N)NCCc3ccccn3)ccn2)CC1. The molecule has 1 aliphatic heterocycles. The van der Waals surface area contributed by atoms with Crippen LogP contribution in [0.5, 0.6) is 0 Å². The summed E-state index contributed by atoms with van der Waals surface area (Å²) < 4.78 is 0. The fourth-order valence-corrected chi connectivity index (χ4v) is 3.12. The Morgan fingerprint density at radius 2 is 2.00 bits per heavy atom. The summed E-state index contributed by atoms with van der Waals surface area (Å²) in [6.45, 7) is 8.81. The lowest BCUT2D eigenvalue weighted by Crippen LogP contribution is -2.46. The number of rotatable bonds is 7. The number of guanidine groups is 1. The van der Waals surface area contributed by atoms with E-state index in [0.29, 0.717) is 12.5 Å². The third-order valence-corrected chi connectivity index (χ3v) is 4.80. The van der Waals surface area contributed by atoms with Crippen molar-refractivity contribution in [2.24, 2.45) is 10.7 Å². The Kier molecular flexibility index (Phi) is 6.98. The number of anilines is 1. The van der Waals surface area contributed by atoms with Crippen LogP contribution in [-0.4, -0.2) is 60.1 Å². The van der Waals surface area contributed by atoms with E-state index in [1.165, 1.54) is 0 Å². The van der Waals surface area contributed by atoms with Gasteiger partial charge in [-0.3, -0.25) is 4.98 Å². The van der Waals surface area contributed by atoms with Crippen LogP contribution >= 0.6 is 0 Å². The summed E-state index contributed by atoms with van der Waals surface area (Å²) in [5.74, 6) is 1.49. The molecule has 0 spiro atoms. The highest BCUT2D eigenvalue weighted by molar-refractivity contribution is 5.77. The van der Waals surface area contributed by atoms with Gasteiger partial charge in [0.15, 0.2) is 5.96 Å². The molecule has 0 saturated carbocycles. The van der Waals surface area contributed by atoms with Crippen LogP contribution in [0.2, 0.25) is 0 Å². The lowest BCUT2D eigenvalue weighted by atomic mass is 10.2. The first-order valence-electron chi connectivity index (χ1n) is 9.60. The number of likely N-dealkylation sites (N-methyl/N-ethyl adjacent to an activating group) is 1. The molecular weight excluding hydrogens is 338 g/mol. The third-order valence-electron chi connectivity index (χ3n) is 4.80. The van der Waals surface area contributed by atoms with E-state index in [2.05, 4.69) is 43.1 Å². The van der Waals surface area contributed by atoms with Gasteiger partial charge < -0.3 is 20.9 Å². The molecule has 1 aliphatic rings. The zero-order valence-corrected chi connectivity index (χ0v) is 16.0. The molecule has 3 heterocycles. The van der Waals surface area contributed by atoms with Crippen molar-refractivity contribution in [3.63, 3.8) is 0 Å². The van der Waals surface area contributed by atoms with Crippen molar-refractivity contribution < 1.29 is 0 Å². The Bertz CT molecular complexity index is 724. The van der Waals surface area contributed by atoms with E-state index in [1.54, 1.807) is 6.20 Å². The lowest BCUT2D eigenvalue weighted by molar-refractivity contribution is 0.270. The maximum atomic E-state index is 5.98. The van der Waals surface area contributed by atoms with Gasteiger partial charge in [0.2, 0.25) is 0 Å². The number of hydrogen-bond donors (Lipinski definition) is 2.